The molecule has 0 radical (unpaired) electrons. The van der Waals surface area contributed by atoms with E-state index < -0.39 is 0 Å². The summed E-state index contributed by atoms with van der Waals surface area (Å²) in [6.07, 6.45) is 0. The van der Waals surface area contributed by atoms with Crippen molar-refractivity contribution in [2.75, 3.05) is 37.9 Å². The van der Waals surface area contributed by atoms with Crippen LogP contribution in [-0.2, 0) is 6.54 Å². The molecular weight excluding hydrogens is 348 g/mol. The smallest absolute Gasteiger partial charge is 0.231 e. The fourth-order valence-corrected chi connectivity index (χ4v) is 4.05. The molecule has 1 fully saturated rings. The molecule has 142 valence electrons. The van der Waals surface area contributed by atoms with Gasteiger partial charge >= 0.3 is 0 Å². The van der Waals surface area contributed by atoms with Gasteiger partial charge in [0.15, 0.2) is 11.5 Å². The van der Waals surface area contributed by atoms with Crippen LogP contribution < -0.4 is 14.4 Å². The molecular formula is C24H24N2O2. The molecule has 0 bridgehead atoms. The highest BCUT2D eigenvalue weighted by Gasteiger charge is 2.19. The maximum atomic E-state index is 5.57. The number of fused-ring (bicyclic) bond motifs is 1. The molecule has 0 N–H and O–H groups in total. The van der Waals surface area contributed by atoms with Gasteiger partial charge in [-0.1, -0.05) is 48.5 Å². The molecule has 0 aliphatic carbocycles. The van der Waals surface area contributed by atoms with E-state index in [0.717, 1.165) is 44.2 Å². The van der Waals surface area contributed by atoms with Crippen molar-refractivity contribution in [2.45, 2.75) is 6.54 Å². The molecule has 2 aliphatic heterocycles. The second-order valence-corrected chi connectivity index (χ2v) is 7.32. The van der Waals surface area contributed by atoms with E-state index in [0.29, 0.717) is 6.79 Å². The molecule has 5 rings (SSSR count). The van der Waals surface area contributed by atoms with Crippen LogP contribution in [-0.4, -0.2) is 37.9 Å². The highest BCUT2D eigenvalue weighted by molar-refractivity contribution is 5.70. The molecule has 4 heteroatoms. The third kappa shape index (κ3) is 3.43. The average molecular weight is 372 g/mol. The van der Waals surface area contributed by atoms with Crippen molar-refractivity contribution in [3.8, 4) is 22.6 Å². The number of rotatable bonds is 4. The number of piperazine rings is 1. The lowest BCUT2D eigenvalue weighted by atomic mass is 9.98. The van der Waals surface area contributed by atoms with Gasteiger partial charge in [-0.3, -0.25) is 4.90 Å². The molecule has 2 heterocycles. The Morgan fingerprint density at radius 2 is 1.46 bits per heavy atom. The third-order valence-electron chi connectivity index (χ3n) is 5.59. The Morgan fingerprint density at radius 3 is 2.32 bits per heavy atom. The van der Waals surface area contributed by atoms with E-state index in [-0.39, 0.29) is 0 Å². The fourth-order valence-electron chi connectivity index (χ4n) is 4.05. The van der Waals surface area contributed by atoms with Gasteiger partial charge in [-0.05, 0) is 41.0 Å². The Kier molecular flexibility index (Phi) is 4.63. The monoisotopic (exact) mass is 372 g/mol. The van der Waals surface area contributed by atoms with E-state index >= 15 is 0 Å². The first-order valence-corrected chi connectivity index (χ1v) is 9.87. The number of ether oxygens (including phenoxy) is 2. The predicted molar refractivity (Wildman–Crippen MR) is 112 cm³/mol. The van der Waals surface area contributed by atoms with Gasteiger partial charge < -0.3 is 14.4 Å². The molecule has 28 heavy (non-hydrogen) atoms. The van der Waals surface area contributed by atoms with Crippen LogP contribution in [0.25, 0.3) is 11.1 Å². The summed E-state index contributed by atoms with van der Waals surface area (Å²) in [5, 5.41) is 0. The normalized spacial score (nSPS) is 16.4. The molecule has 3 aromatic rings. The van der Waals surface area contributed by atoms with Crippen molar-refractivity contribution < 1.29 is 9.47 Å². The van der Waals surface area contributed by atoms with Crippen LogP contribution in [0.5, 0.6) is 11.5 Å². The minimum absolute atomic E-state index is 0.312. The van der Waals surface area contributed by atoms with E-state index in [2.05, 4.69) is 76.5 Å². The van der Waals surface area contributed by atoms with E-state index in [9.17, 15) is 0 Å². The van der Waals surface area contributed by atoms with E-state index in [1.54, 1.807) is 0 Å². The average Bonchev–Trinajstić information content (AvgIpc) is 3.23. The lowest BCUT2D eigenvalue weighted by Gasteiger charge is -2.36. The van der Waals surface area contributed by atoms with Gasteiger partial charge in [0.1, 0.15) is 0 Å². The number of hydrogen-bond donors (Lipinski definition) is 0. The lowest BCUT2D eigenvalue weighted by Crippen LogP contribution is -2.46. The highest BCUT2D eigenvalue weighted by Crippen LogP contribution is 2.37. The van der Waals surface area contributed by atoms with Gasteiger partial charge in [0.05, 0.1) is 0 Å². The van der Waals surface area contributed by atoms with Gasteiger partial charge in [-0.15, -0.1) is 0 Å². The number of benzene rings is 3. The summed E-state index contributed by atoms with van der Waals surface area (Å²) in [5.74, 6) is 1.67. The molecule has 3 aromatic carbocycles. The molecule has 0 spiro atoms. The molecule has 0 amide bonds. The fraction of sp³-hybridized carbons (Fsp3) is 0.250. The second-order valence-electron chi connectivity index (χ2n) is 7.32. The standard InChI is InChI=1S/C24H24N2O2/c1-2-7-21(8-3-1)26-14-12-25(13-15-26)17-20-6-4-5-9-22(20)19-10-11-23-24(16-19)28-18-27-23/h1-11,16H,12-15,17-18H2. The van der Waals surface area contributed by atoms with E-state index in [1.165, 1.54) is 22.4 Å². The van der Waals surface area contributed by atoms with Crippen LogP contribution in [0.4, 0.5) is 5.69 Å². The van der Waals surface area contributed by atoms with Crippen molar-refractivity contribution in [3.63, 3.8) is 0 Å². The molecule has 0 unspecified atom stereocenters. The number of anilines is 1. The molecule has 4 nitrogen and oxygen atoms in total. The minimum Gasteiger partial charge on any atom is -0.454 e. The maximum absolute atomic E-state index is 5.57. The quantitative estimate of drug-likeness (QED) is 0.678. The first kappa shape index (κ1) is 17.1. The summed E-state index contributed by atoms with van der Waals surface area (Å²) in [6, 6.07) is 25.6. The molecule has 0 aromatic heterocycles. The second kappa shape index (κ2) is 7.56. The summed E-state index contributed by atoms with van der Waals surface area (Å²) in [6.45, 7) is 5.56. The van der Waals surface area contributed by atoms with Gasteiger partial charge in [-0.25, -0.2) is 0 Å². The molecule has 0 saturated carbocycles. The molecule has 0 atom stereocenters. The molecule has 2 aliphatic rings. The van der Waals surface area contributed by atoms with Crippen molar-refractivity contribution in [1.82, 2.24) is 4.90 Å². The SMILES string of the molecule is c1ccc(N2CCN(Cc3ccccc3-c3ccc4c(c3)OCO4)CC2)cc1. The zero-order valence-electron chi connectivity index (χ0n) is 15.9. The summed E-state index contributed by atoms with van der Waals surface area (Å²) >= 11 is 0. The number of nitrogens with zero attached hydrogens (tertiary/aromatic N) is 2. The Bertz CT molecular complexity index is 950. The highest BCUT2D eigenvalue weighted by atomic mass is 16.7. The van der Waals surface area contributed by atoms with Crippen LogP contribution in [0, 0.1) is 0 Å². The summed E-state index contributed by atoms with van der Waals surface area (Å²) < 4.78 is 11.0. The molecule has 1 saturated heterocycles. The predicted octanol–water partition coefficient (Wildman–Crippen LogP) is 4.40. The zero-order valence-corrected chi connectivity index (χ0v) is 15.9. The number of para-hydroxylation sites is 1. The minimum atomic E-state index is 0.312. The van der Waals surface area contributed by atoms with Crippen molar-refractivity contribution in [3.05, 3.63) is 78.4 Å². The van der Waals surface area contributed by atoms with Crippen LogP contribution in [0.1, 0.15) is 5.56 Å². The van der Waals surface area contributed by atoms with Crippen molar-refractivity contribution >= 4 is 5.69 Å². The number of hydrogen-bond acceptors (Lipinski definition) is 4. The van der Waals surface area contributed by atoms with Crippen LogP contribution >= 0.6 is 0 Å². The summed E-state index contributed by atoms with van der Waals surface area (Å²) in [7, 11) is 0. The topological polar surface area (TPSA) is 24.9 Å². The Balaban J connectivity index is 1.30. The van der Waals surface area contributed by atoms with Crippen LogP contribution in [0.2, 0.25) is 0 Å². The summed E-state index contributed by atoms with van der Waals surface area (Å²) in [5.41, 5.74) is 5.13. The Morgan fingerprint density at radius 1 is 0.714 bits per heavy atom. The Hall–Kier alpha value is -2.98. The summed E-state index contributed by atoms with van der Waals surface area (Å²) in [4.78, 5) is 5.02. The lowest BCUT2D eigenvalue weighted by molar-refractivity contribution is 0.174. The van der Waals surface area contributed by atoms with Gasteiger partial charge in [0.2, 0.25) is 6.79 Å². The maximum Gasteiger partial charge on any atom is 0.231 e. The third-order valence-corrected chi connectivity index (χ3v) is 5.59. The van der Waals surface area contributed by atoms with E-state index in [4.69, 9.17) is 9.47 Å². The zero-order chi connectivity index (χ0) is 18.8. The van der Waals surface area contributed by atoms with Crippen molar-refractivity contribution in [2.24, 2.45) is 0 Å². The first-order valence-electron chi connectivity index (χ1n) is 9.87. The van der Waals surface area contributed by atoms with Crippen molar-refractivity contribution in [1.29, 1.82) is 0 Å². The van der Waals surface area contributed by atoms with Gasteiger partial charge in [0, 0.05) is 38.4 Å². The largest absolute Gasteiger partial charge is 0.454 e. The van der Waals surface area contributed by atoms with Gasteiger partial charge in [-0.2, -0.15) is 0 Å². The van der Waals surface area contributed by atoms with E-state index in [1.807, 2.05) is 6.07 Å². The van der Waals surface area contributed by atoms with Crippen LogP contribution in [0.3, 0.4) is 0 Å². The Labute approximate surface area is 165 Å². The van der Waals surface area contributed by atoms with Gasteiger partial charge in [0.25, 0.3) is 0 Å². The first-order chi connectivity index (χ1) is 13.9. The van der Waals surface area contributed by atoms with Crippen LogP contribution in [0.15, 0.2) is 72.8 Å².